The Balaban J connectivity index is 0.918. The summed E-state index contributed by atoms with van der Waals surface area (Å²) < 4.78 is 4.76. The van der Waals surface area contributed by atoms with E-state index >= 15 is 0 Å². The van der Waals surface area contributed by atoms with Crippen molar-refractivity contribution < 1.29 is 19.1 Å². The van der Waals surface area contributed by atoms with E-state index in [1.807, 2.05) is 31.1 Å². The smallest absolute Gasteiger partial charge is 0.407 e. The van der Waals surface area contributed by atoms with Gasteiger partial charge in [-0.1, -0.05) is 69.3 Å². The average molecular weight is 742 g/mol. The van der Waals surface area contributed by atoms with E-state index in [1.54, 1.807) is 12.4 Å². The molecule has 3 fully saturated rings. The van der Waals surface area contributed by atoms with Gasteiger partial charge in [0.05, 0.1) is 42.9 Å². The Hall–Kier alpha value is -5.85. The number of methoxy groups -OCH3 is 1. The summed E-state index contributed by atoms with van der Waals surface area (Å²) >= 11 is 0. The zero-order valence-electron chi connectivity index (χ0n) is 31.5. The van der Waals surface area contributed by atoms with Gasteiger partial charge in [0.1, 0.15) is 24.0 Å². The van der Waals surface area contributed by atoms with Crippen molar-refractivity contribution in [3.05, 3.63) is 96.9 Å². The van der Waals surface area contributed by atoms with E-state index in [0.29, 0.717) is 30.8 Å². The average Bonchev–Trinajstić information content (AvgIpc) is 3.66. The Morgan fingerprint density at radius 3 is 2.07 bits per heavy atom. The summed E-state index contributed by atoms with van der Waals surface area (Å²) in [6, 6.07) is 15.9. The minimum absolute atomic E-state index is 0.0421. The topological polar surface area (TPSA) is 171 Å². The third-order valence-electron chi connectivity index (χ3n) is 11.8. The third kappa shape index (κ3) is 7.22. The van der Waals surface area contributed by atoms with Crippen LogP contribution >= 0.6 is 0 Å². The maximum absolute atomic E-state index is 13.5. The highest BCUT2D eigenvalue weighted by molar-refractivity contribution is 5.86. The Morgan fingerprint density at radius 1 is 0.855 bits per heavy atom. The molecule has 3 amide bonds. The van der Waals surface area contributed by atoms with E-state index in [0.717, 1.165) is 70.1 Å². The second-order valence-corrected chi connectivity index (χ2v) is 15.5. The Bertz CT molecular complexity index is 2150. The van der Waals surface area contributed by atoms with E-state index in [2.05, 4.69) is 91.0 Å². The number of amides is 3. The number of fused-ring (bicyclic) bond motifs is 1. The fourth-order valence-electron chi connectivity index (χ4n) is 8.80. The van der Waals surface area contributed by atoms with E-state index in [4.69, 9.17) is 9.72 Å². The van der Waals surface area contributed by atoms with Crippen LogP contribution in [-0.2, 0) is 20.9 Å². The number of likely N-dealkylation sites (tertiary alicyclic amines) is 1. The van der Waals surface area contributed by atoms with Gasteiger partial charge in [-0.3, -0.25) is 9.59 Å². The standard InChI is InChI=1S/C42H47N9O4/c1-23(2)37(50-42(54)55-4)41(53)51-15-5-6-34(51)38-45-20-32(48-38)28-11-7-26(8-12-28)27-9-13-29(14-10-27)33-21-46-39(49-33)35-24(3)30-16-31(30)36(35)40(52)47-19-25-17-43-22-44-18-25/h7-14,17-18,20-24,30-31,34-37H,5-6,15-16,19H2,1-4H3,(H,45,48)(H,46,49)(H,47,52)(H,50,54)/t24-,30?,31-,34+,35-,36-,37+/m1/s1. The lowest BCUT2D eigenvalue weighted by molar-refractivity contribution is -0.135. The molecule has 2 aromatic carbocycles. The fourth-order valence-corrected chi connectivity index (χ4v) is 8.80. The van der Waals surface area contributed by atoms with Crippen molar-refractivity contribution in [1.82, 2.24) is 45.4 Å². The van der Waals surface area contributed by atoms with Crippen molar-refractivity contribution in [2.75, 3.05) is 13.7 Å². The van der Waals surface area contributed by atoms with Crippen molar-refractivity contribution in [3.63, 3.8) is 0 Å². The molecule has 55 heavy (non-hydrogen) atoms. The van der Waals surface area contributed by atoms with E-state index in [9.17, 15) is 14.4 Å². The van der Waals surface area contributed by atoms with Crippen LogP contribution in [0.4, 0.5) is 4.79 Å². The summed E-state index contributed by atoms with van der Waals surface area (Å²) in [6.07, 6.45) is 10.8. The first kappa shape index (κ1) is 36.1. The van der Waals surface area contributed by atoms with Crippen LogP contribution < -0.4 is 10.6 Å². The highest BCUT2D eigenvalue weighted by Gasteiger charge is 2.61. The van der Waals surface area contributed by atoms with Gasteiger partial charge in [0.25, 0.3) is 0 Å². The van der Waals surface area contributed by atoms with E-state index in [1.165, 1.54) is 13.4 Å². The molecular formula is C42H47N9O4. The molecule has 3 aromatic heterocycles. The molecule has 4 heterocycles. The number of nitrogens with zero attached hydrogens (tertiary/aromatic N) is 5. The fraction of sp³-hybridized carbons (Fsp3) is 0.405. The minimum Gasteiger partial charge on any atom is -0.453 e. The third-order valence-corrected chi connectivity index (χ3v) is 11.8. The summed E-state index contributed by atoms with van der Waals surface area (Å²) in [5.74, 6) is 2.73. The van der Waals surface area contributed by atoms with Crippen molar-refractivity contribution in [2.24, 2.45) is 29.6 Å². The molecular weight excluding hydrogens is 695 g/mol. The molecule has 284 valence electrons. The summed E-state index contributed by atoms with van der Waals surface area (Å²) in [5.41, 5.74) is 6.89. The molecule has 2 aliphatic carbocycles. The van der Waals surface area contributed by atoms with Crippen LogP contribution in [-0.4, -0.2) is 72.4 Å². The zero-order chi connectivity index (χ0) is 38.2. The number of imidazole rings is 2. The number of aromatic amines is 2. The maximum Gasteiger partial charge on any atom is 0.407 e. The number of ether oxygens (including phenoxy) is 1. The Labute approximate surface area is 320 Å². The second-order valence-electron chi connectivity index (χ2n) is 15.5. The van der Waals surface area contributed by atoms with Gasteiger partial charge in [-0.25, -0.2) is 24.7 Å². The highest BCUT2D eigenvalue weighted by Crippen LogP contribution is 2.64. The van der Waals surface area contributed by atoms with Crippen LogP contribution in [0.2, 0.25) is 0 Å². The molecule has 7 atom stereocenters. The number of hydrogen-bond acceptors (Lipinski definition) is 8. The van der Waals surface area contributed by atoms with Gasteiger partial charge < -0.3 is 30.2 Å². The minimum atomic E-state index is -0.679. The number of aromatic nitrogens is 6. The highest BCUT2D eigenvalue weighted by atomic mass is 16.5. The predicted molar refractivity (Wildman–Crippen MR) is 206 cm³/mol. The van der Waals surface area contributed by atoms with Gasteiger partial charge in [0, 0.05) is 37.0 Å². The molecule has 5 aromatic rings. The van der Waals surface area contributed by atoms with Crippen molar-refractivity contribution in [1.29, 1.82) is 0 Å². The van der Waals surface area contributed by atoms with Gasteiger partial charge in [0.15, 0.2) is 0 Å². The Morgan fingerprint density at radius 2 is 1.45 bits per heavy atom. The SMILES string of the molecule is COC(=O)N[C@H](C(=O)N1CCC[C@H]1c1ncc(-c2ccc(-c3ccc(-c4cnc([C@H]5[C@H](C(=O)NCc6cncnc6)[C@@H]6CC6[C@H]5C)[nH]4)cc3)cc2)[nH]1)C(C)C. The summed E-state index contributed by atoms with van der Waals surface area (Å²) in [4.78, 5) is 65.4. The lowest BCUT2D eigenvalue weighted by atomic mass is 9.84. The molecule has 8 rings (SSSR count). The quantitative estimate of drug-likeness (QED) is 0.123. The monoisotopic (exact) mass is 741 g/mol. The molecule has 3 aliphatic rings. The number of rotatable bonds is 11. The second kappa shape index (κ2) is 15.1. The first-order valence-electron chi connectivity index (χ1n) is 19.2. The summed E-state index contributed by atoms with van der Waals surface area (Å²) in [7, 11) is 1.30. The lowest BCUT2D eigenvalue weighted by Crippen LogP contribution is -2.51. The maximum atomic E-state index is 13.5. The molecule has 0 bridgehead atoms. The molecule has 1 saturated heterocycles. The number of benzene rings is 2. The van der Waals surface area contributed by atoms with Gasteiger partial charge in [-0.05, 0) is 65.2 Å². The largest absolute Gasteiger partial charge is 0.453 e. The molecule has 0 spiro atoms. The number of nitrogens with one attached hydrogen (secondary N) is 4. The van der Waals surface area contributed by atoms with Crippen LogP contribution in [0, 0.1) is 29.6 Å². The first-order chi connectivity index (χ1) is 26.7. The molecule has 0 radical (unpaired) electrons. The summed E-state index contributed by atoms with van der Waals surface area (Å²) in [6.45, 7) is 7.09. The van der Waals surface area contributed by atoms with Crippen LogP contribution in [0.3, 0.4) is 0 Å². The van der Waals surface area contributed by atoms with Crippen molar-refractivity contribution in [3.8, 4) is 33.6 Å². The van der Waals surface area contributed by atoms with Gasteiger partial charge in [-0.2, -0.15) is 0 Å². The molecule has 2 saturated carbocycles. The molecule has 1 unspecified atom stereocenters. The van der Waals surface area contributed by atoms with Gasteiger partial charge in [0.2, 0.25) is 11.8 Å². The molecule has 1 aliphatic heterocycles. The number of H-pyrrole nitrogens is 2. The van der Waals surface area contributed by atoms with Crippen molar-refractivity contribution in [2.45, 2.75) is 64.6 Å². The zero-order valence-corrected chi connectivity index (χ0v) is 31.5. The number of carbonyl (C=O) groups is 3. The normalized spacial score (nSPS) is 23.3. The van der Waals surface area contributed by atoms with Crippen LogP contribution in [0.5, 0.6) is 0 Å². The van der Waals surface area contributed by atoms with Crippen LogP contribution in [0.25, 0.3) is 33.6 Å². The van der Waals surface area contributed by atoms with Crippen LogP contribution in [0.1, 0.15) is 69.2 Å². The van der Waals surface area contributed by atoms with Crippen LogP contribution in [0.15, 0.2) is 79.6 Å². The van der Waals surface area contributed by atoms with Gasteiger partial charge in [-0.15, -0.1) is 0 Å². The lowest BCUT2D eigenvalue weighted by Gasteiger charge is -2.30. The van der Waals surface area contributed by atoms with Crippen molar-refractivity contribution >= 4 is 17.9 Å². The predicted octanol–water partition coefficient (Wildman–Crippen LogP) is 6.27. The summed E-state index contributed by atoms with van der Waals surface area (Å²) in [5, 5.41) is 5.83. The first-order valence-corrected chi connectivity index (χ1v) is 19.2. The Kier molecular flexibility index (Phi) is 9.93. The number of carbonyl (C=O) groups excluding carboxylic acids is 3. The number of alkyl carbamates (subject to hydrolysis) is 1. The number of hydrogen-bond donors (Lipinski definition) is 4. The van der Waals surface area contributed by atoms with E-state index in [-0.39, 0.29) is 35.6 Å². The molecule has 4 N–H and O–H groups in total. The van der Waals surface area contributed by atoms with Gasteiger partial charge >= 0.3 is 6.09 Å². The molecule has 13 nitrogen and oxygen atoms in total. The van der Waals surface area contributed by atoms with E-state index < -0.39 is 12.1 Å². The molecule has 13 heteroatoms.